The number of hydrogen-bond donors (Lipinski definition) is 1. The second kappa shape index (κ2) is 7.75. The fourth-order valence-electron chi connectivity index (χ4n) is 2.04. The van der Waals surface area contributed by atoms with Crippen LogP contribution in [0.3, 0.4) is 0 Å². The third kappa shape index (κ3) is 4.71. The standard InChI is InChI=1S/C15H24BrN/c1-4-7-8-14(6-3)17-15-10-9-13(16)11-12(15)5-2/h9-11,14,17H,4-8H2,1-3H3. The molecule has 1 nitrogen and oxygen atoms in total. The van der Waals surface area contributed by atoms with Crippen LogP contribution in [-0.2, 0) is 6.42 Å². The maximum absolute atomic E-state index is 3.69. The molecule has 1 aromatic rings. The molecule has 0 aliphatic heterocycles. The third-order valence-corrected chi connectivity index (χ3v) is 3.70. The zero-order chi connectivity index (χ0) is 12.7. The highest BCUT2D eigenvalue weighted by Crippen LogP contribution is 2.23. The number of anilines is 1. The van der Waals surface area contributed by atoms with Crippen molar-refractivity contribution in [3.05, 3.63) is 28.2 Å². The molecule has 0 spiro atoms. The van der Waals surface area contributed by atoms with Gasteiger partial charge in [0.05, 0.1) is 0 Å². The molecule has 1 N–H and O–H groups in total. The van der Waals surface area contributed by atoms with Crippen LogP contribution in [0.25, 0.3) is 0 Å². The summed E-state index contributed by atoms with van der Waals surface area (Å²) in [5, 5.41) is 3.69. The number of rotatable bonds is 7. The maximum Gasteiger partial charge on any atom is 0.0375 e. The van der Waals surface area contributed by atoms with Gasteiger partial charge in [0.25, 0.3) is 0 Å². The quantitative estimate of drug-likeness (QED) is 0.711. The first kappa shape index (κ1) is 14.6. The molecule has 0 aliphatic rings. The van der Waals surface area contributed by atoms with E-state index in [0.717, 1.165) is 6.42 Å². The Labute approximate surface area is 114 Å². The van der Waals surface area contributed by atoms with E-state index < -0.39 is 0 Å². The lowest BCUT2D eigenvalue weighted by Crippen LogP contribution is -2.19. The Morgan fingerprint density at radius 2 is 2.00 bits per heavy atom. The van der Waals surface area contributed by atoms with Crippen molar-refractivity contribution in [2.45, 2.75) is 58.9 Å². The van der Waals surface area contributed by atoms with E-state index in [2.05, 4.69) is 60.2 Å². The monoisotopic (exact) mass is 297 g/mol. The smallest absolute Gasteiger partial charge is 0.0375 e. The zero-order valence-corrected chi connectivity index (χ0v) is 12.8. The van der Waals surface area contributed by atoms with Crippen molar-refractivity contribution in [1.82, 2.24) is 0 Å². The summed E-state index contributed by atoms with van der Waals surface area (Å²) in [6.07, 6.45) is 6.13. The molecule has 0 aliphatic carbocycles. The highest BCUT2D eigenvalue weighted by molar-refractivity contribution is 9.10. The van der Waals surface area contributed by atoms with Crippen molar-refractivity contribution in [1.29, 1.82) is 0 Å². The van der Waals surface area contributed by atoms with E-state index in [1.165, 1.54) is 41.4 Å². The molecule has 1 aromatic carbocycles. The van der Waals surface area contributed by atoms with Gasteiger partial charge in [-0.25, -0.2) is 0 Å². The van der Waals surface area contributed by atoms with Gasteiger partial charge in [-0.2, -0.15) is 0 Å². The molecule has 0 saturated heterocycles. The van der Waals surface area contributed by atoms with Crippen molar-refractivity contribution in [3.8, 4) is 0 Å². The number of unbranched alkanes of at least 4 members (excludes halogenated alkanes) is 1. The molecule has 0 amide bonds. The normalized spacial score (nSPS) is 12.5. The Morgan fingerprint density at radius 3 is 2.59 bits per heavy atom. The minimum atomic E-state index is 0.612. The summed E-state index contributed by atoms with van der Waals surface area (Å²) >= 11 is 3.53. The van der Waals surface area contributed by atoms with Crippen LogP contribution in [0.1, 0.15) is 52.0 Å². The first-order chi connectivity index (χ1) is 8.21. The maximum atomic E-state index is 3.69. The fourth-order valence-corrected chi connectivity index (χ4v) is 2.45. The summed E-state index contributed by atoms with van der Waals surface area (Å²) in [6.45, 7) is 6.72. The van der Waals surface area contributed by atoms with E-state index in [-0.39, 0.29) is 0 Å². The Morgan fingerprint density at radius 1 is 1.24 bits per heavy atom. The second-order valence-corrected chi connectivity index (χ2v) is 5.46. The third-order valence-electron chi connectivity index (χ3n) is 3.21. The fraction of sp³-hybridized carbons (Fsp3) is 0.600. The predicted molar refractivity (Wildman–Crippen MR) is 80.7 cm³/mol. The van der Waals surface area contributed by atoms with Crippen molar-refractivity contribution < 1.29 is 0 Å². The second-order valence-electron chi connectivity index (χ2n) is 4.55. The highest BCUT2D eigenvalue weighted by Gasteiger charge is 2.08. The summed E-state index contributed by atoms with van der Waals surface area (Å²) in [4.78, 5) is 0. The summed E-state index contributed by atoms with van der Waals surface area (Å²) < 4.78 is 1.17. The number of halogens is 1. The van der Waals surface area contributed by atoms with Crippen molar-refractivity contribution in [2.75, 3.05) is 5.32 Å². The van der Waals surface area contributed by atoms with Crippen molar-refractivity contribution >= 4 is 21.6 Å². The molecule has 0 saturated carbocycles. The van der Waals surface area contributed by atoms with Crippen LogP contribution in [0, 0.1) is 0 Å². The van der Waals surface area contributed by atoms with Crippen LogP contribution in [0.5, 0.6) is 0 Å². The van der Waals surface area contributed by atoms with E-state index in [1.54, 1.807) is 0 Å². The van der Waals surface area contributed by atoms with E-state index in [1.807, 2.05) is 0 Å². The number of benzene rings is 1. The van der Waals surface area contributed by atoms with Gasteiger partial charge >= 0.3 is 0 Å². The lowest BCUT2D eigenvalue weighted by atomic mass is 10.1. The van der Waals surface area contributed by atoms with E-state index >= 15 is 0 Å². The summed E-state index contributed by atoms with van der Waals surface area (Å²) in [5.74, 6) is 0. The molecule has 0 aromatic heterocycles. The molecule has 1 unspecified atom stereocenters. The lowest BCUT2D eigenvalue weighted by Gasteiger charge is -2.20. The molecule has 1 rings (SSSR count). The molecular formula is C15H24BrN. The van der Waals surface area contributed by atoms with Gasteiger partial charge < -0.3 is 5.32 Å². The molecule has 96 valence electrons. The number of nitrogens with one attached hydrogen (secondary N) is 1. The molecule has 0 bridgehead atoms. The van der Waals surface area contributed by atoms with Gasteiger partial charge in [0.1, 0.15) is 0 Å². The van der Waals surface area contributed by atoms with Crippen molar-refractivity contribution in [2.24, 2.45) is 0 Å². The topological polar surface area (TPSA) is 12.0 Å². The lowest BCUT2D eigenvalue weighted by molar-refractivity contribution is 0.593. The van der Waals surface area contributed by atoms with E-state index in [4.69, 9.17) is 0 Å². The van der Waals surface area contributed by atoms with Crippen molar-refractivity contribution in [3.63, 3.8) is 0 Å². The van der Waals surface area contributed by atoms with Crippen LogP contribution in [-0.4, -0.2) is 6.04 Å². The zero-order valence-electron chi connectivity index (χ0n) is 11.2. The first-order valence-electron chi connectivity index (χ1n) is 6.76. The molecular weight excluding hydrogens is 274 g/mol. The van der Waals surface area contributed by atoms with Crippen LogP contribution < -0.4 is 5.32 Å². The largest absolute Gasteiger partial charge is 0.382 e. The van der Waals surface area contributed by atoms with Crippen LogP contribution in [0.15, 0.2) is 22.7 Å². The predicted octanol–water partition coefficient (Wildman–Crippen LogP) is 5.39. The first-order valence-corrected chi connectivity index (χ1v) is 7.55. The highest BCUT2D eigenvalue weighted by atomic mass is 79.9. The summed E-state index contributed by atoms with van der Waals surface area (Å²) in [7, 11) is 0. The van der Waals surface area contributed by atoms with E-state index in [0.29, 0.717) is 6.04 Å². The molecule has 0 radical (unpaired) electrons. The van der Waals surface area contributed by atoms with Gasteiger partial charge in [-0.05, 0) is 43.0 Å². The minimum absolute atomic E-state index is 0.612. The van der Waals surface area contributed by atoms with Gasteiger partial charge in [-0.1, -0.05) is 49.5 Å². The van der Waals surface area contributed by atoms with Gasteiger partial charge in [-0.3, -0.25) is 0 Å². The number of aryl methyl sites for hydroxylation is 1. The molecule has 17 heavy (non-hydrogen) atoms. The van der Waals surface area contributed by atoms with Gasteiger partial charge in [0.15, 0.2) is 0 Å². The molecule has 2 heteroatoms. The average molecular weight is 298 g/mol. The molecule has 1 atom stereocenters. The van der Waals surface area contributed by atoms with Crippen LogP contribution in [0.4, 0.5) is 5.69 Å². The summed E-state index contributed by atoms with van der Waals surface area (Å²) in [6, 6.07) is 7.14. The Kier molecular flexibility index (Phi) is 6.64. The van der Waals surface area contributed by atoms with Gasteiger partial charge in [0, 0.05) is 16.2 Å². The molecule has 0 fully saturated rings. The van der Waals surface area contributed by atoms with Gasteiger partial charge in [-0.15, -0.1) is 0 Å². The van der Waals surface area contributed by atoms with E-state index in [9.17, 15) is 0 Å². The summed E-state index contributed by atoms with van der Waals surface area (Å²) in [5.41, 5.74) is 2.70. The average Bonchev–Trinajstić information content (AvgIpc) is 2.35. The Hall–Kier alpha value is -0.500. The minimum Gasteiger partial charge on any atom is -0.382 e. The molecule has 0 heterocycles. The Balaban J connectivity index is 2.71. The SMILES string of the molecule is CCCCC(CC)Nc1ccc(Br)cc1CC. The van der Waals surface area contributed by atoms with Crippen LogP contribution in [0.2, 0.25) is 0 Å². The van der Waals surface area contributed by atoms with Gasteiger partial charge in [0.2, 0.25) is 0 Å². The number of hydrogen-bond acceptors (Lipinski definition) is 1. The van der Waals surface area contributed by atoms with Crippen LogP contribution >= 0.6 is 15.9 Å². The Bertz CT molecular complexity index is 336.